The maximum absolute atomic E-state index is 11.3. The smallest absolute Gasteiger partial charge is 0.339 e. The highest BCUT2D eigenvalue weighted by Crippen LogP contribution is 2.10. The average molecular weight is 206 g/mol. The number of carboxylic acids is 1. The molecule has 0 radical (unpaired) electrons. The molecule has 0 amide bonds. The van der Waals surface area contributed by atoms with Crippen LogP contribution < -0.4 is 4.74 Å². The molecule has 0 atom stereocenters. The zero-order chi connectivity index (χ0) is 11.3. The van der Waals surface area contributed by atoms with E-state index in [9.17, 15) is 9.59 Å². The minimum Gasteiger partial charge on any atom is -0.478 e. The summed E-state index contributed by atoms with van der Waals surface area (Å²) in [7, 11) is 0. The summed E-state index contributed by atoms with van der Waals surface area (Å²) in [5.74, 6) is -1.44. The topological polar surface area (TPSA) is 63.6 Å². The molecule has 1 aromatic rings. The van der Waals surface area contributed by atoms with Gasteiger partial charge in [0.1, 0.15) is 5.75 Å². The van der Waals surface area contributed by atoms with Crippen LogP contribution in [0, 0.1) is 0 Å². The van der Waals surface area contributed by atoms with Gasteiger partial charge in [-0.2, -0.15) is 0 Å². The Morgan fingerprint density at radius 3 is 2.40 bits per heavy atom. The molecule has 78 valence electrons. The molecule has 0 unspecified atom stereocenters. The normalized spacial score (nSPS) is 10.9. The highest BCUT2D eigenvalue weighted by atomic mass is 16.5. The fourth-order valence-electron chi connectivity index (χ4n) is 0.920. The minimum absolute atomic E-state index is 0.0475. The van der Waals surface area contributed by atoms with E-state index in [0.29, 0.717) is 5.75 Å². The van der Waals surface area contributed by atoms with Crippen LogP contribution >= 0.6 is 0 Å². The molecule has 1 rings (SSSR count). The van der Waals surface area contributed by atoms with Crippen LogP contribution in [-0.4, -0.2) is 17.0 Å². The summed E-state index contributed by atoms with van der Waals surface area (Å²) < 4.78 is 4.91. The van der Waals surface area contributed by atoms with Gasteiger partial charge in [0.25, 0.3) is 0 Å². The third-order valence-electron chi connectivity index (χ3n) is 1.62. The predicted molar refractivity (Wildman–Crippen MR) is 53.5 cm³/mol. The van der Waals surface area contributed by atoms with E-state index in [4.69, 9.17) is 9.84 Å². The van der Waals surface area contributed by atoms with E-state index in [1.807, 2.05) is 0 Å². The SMILES string of the molecule is CC(=CC(=O)O)C(=O)Oc1ccccc1. The predicted octanol–water partition coefficient (Wildman–Crippen LogP) is 1.62. The highest BCUT2D eigenvalue weighted by molar-refractivity contribution is 5.96. The summed E-state index contributed by atoms with van der Waals surface area (Å²) in [5.41, 5.74) is 0.0475. The maximum Gasteiger partial charge on any atom is 0.339 e. The Labute approximate surface area is 86.8 Å². The van der Waals surface area contributed by atoms with Crippen LogP contribution in [0.3, 0.4) is 0 Å². The van der Waals surface area contributed by atoms with Gasteiger partial charge < -0.3 is 9.84 Å². The first-order chi connectivity index (χ1) is 7.09. The summed E-state index contributed by atoms with van der Waals surface area (Å²) in [6.07, 6.45) is 0.811. The fraction of sp³-hybridized carbons (Fsp3) is 0.0909. The van der Waals surface area contributed by atoms with Gasteiger partial charge in [0, 0.05) is 11.6 Å². The number of carbonyl (C=O) groups is 2. The van der Waals surface area contributed by atoms with Crippen molar-refractivity contribution < 1.29 is 19.4 Å². The molecule has 0 aliphatic rings. The van der Waals surface area contributed by atoms with Crippen LogP contribution in [0.25, 0.3) is 0 Å². The van der Waals surface area contributed by atoms with E-state index in [2.05, 4.69) is 0 Å². The molecule has 0 fully saturated rings. The van der Waals surface area contributed by atoms with Gasteiger partial charge in [-0.3, -0.25) is 0 Å². The zero-order valence-electron chi connectivity index (χ0n) is 8.14. The van der Waals surface area contributed by atoms with Crippen LogP contribution in [0.2, 0.25) is 0 Å². The molecule has 4 nitrogen and oxygen atoms in total. The lowest BCUT2D eigenvalue weighted by Gasteiger charge is -2.02. The summed E-state index contributed by atoms with van der Waals surface area (Å²) in [6, 6.07) is 8.47. The summed E-state index contributed by atoms with van der Waals surface area (Å²) in [5, 5.41) is 8.41. The Balaban J connectivity index is 2.68. The summed E-state index contributed by atoms with van der Waals surface area (Å²) in [6.45, 7) is 1.39. The van der Waals surface area contributed by atoms with Crippen LogP contribution in [0.5, 0.6) is 5.75 Å². The number of para-hydroxylation sites is 1. The first-order valence-electron chi connectivity index (χ1n) is 4.28. The Bertz CT molecular complexity index is 392. The number of ether oxygens (including phenoxy) is 1. The Morgan fingerprint density at radius 1 is 1.27 bits per heavy atom. The molecule has 0 aliphatic heterocycles. The first-order valence-corrected chi connectivity index (χ1v) is 4.28. The van der Waals surface area contributed by atoms with Crippen molar-refractivity contribution in [3.63, 3.8) is 0 Å². The molecule has 0 heterocycles. The van der Waals surface area contributed by atoms with E-state index in [-0.39, 0.29) is 5.57 Å². The van der Waals surface area contributed by atoms with Crippen molar-refractivity contribution in [3.05, 3.63) is 42.0 Å². The van der Waals surface area contributed by atoms with Crippen LogP contribution in [0.4, 0.5) is 0 Å². The Hall–Kier alpha value is -2.10. The largest absolute Gasteiger partial charge is 0.478 e. The summed E-state index contributed by atoms with van der Waals surface area (Å²) >= 11 is 0. The first kappa shape index (κ1) is 11.0. The minimum atomic E-state index is -1.17. The molecule has 15 heavy (non-hydrogen) atoms. The number of hydrogen-bond donors (Lipinski definition) is 1. The van der Waals surface area contributed by atoms with Gasteiger partial charge in [0.2, 0.25) is 0 Å². The Kier molecular flexibility index (Phi) is 3.62. The van der Waals surface area contributed by atoms with E-state index in [0.717, 1.165) is 6.08 Å². The number of carbonyl (C=O) groups excluding carboxylic acids is 1. The van der Waals surface area contributed by atoms with Crippen LogP contribution in [-0.2, 0) is 9.59 Å². The number of carboxylic acid groups (broad SMARTS) is 1. The van der Waals surface area contributed by atoms with Crippen molar-refractivity contribution in [2.75, 3.05) is 0 Å². The lowest BCUT2D eigenvalue weighted by molar-refractivity contribution is -0.133. The molecule has 0 spiro atoms. The van der Waals surface area contributed by atoms with E-state index in [1.54, 1.807) is 30.3 Å². The highest BCUT2D eigenvalue weighted by Gasteiger charge is 2.08. The third kappa shape index (κ3) is 3.64. The lowest BCUT2D eigenvalue weighted by atomic mass is 10.3. The van der Waals surface area contributed by atoms with Crippen LogP contribution in [0.1, 0.15) is 6.92 Å². The molecule has 1 N–H and O–H groups in total. The van der Waals surface area contributed by atoms with Gasteiger partial charge in [-0.1, -0.05) is 18.2 Å². The second-order valence-electron chi connectivity index (χ2n) is 2.87. The molecule has 0 aromatic heterocycles. The van der Waals surface area contributed by atoms with Gasteiger partial charge in [-0.05, 0) is 19.1 Å². The van der Waals surface area contributed by atoms with Gasteiger partial charge in [-0.25, -0.2) is 9.59 Å². The quantitative estimate of drug-likeness (QED) is 0.463. The molecular weight excluding hydrogens is 196 g/mol. The molecule has 1 aromatic carbocycles. The molecule has 0 saturated heterocycles. The maximum atomic E-state index is 11.3. The van der Waals surface area contributed by atoms with Gasteiger partial charge in [0.15, 0.2) is 0 Å². The van der Waals surface area contributed by atoms with E-state index in [1.165, 1.54) is 6.92 Å². The molecular formula is C11H10O4. The second-order valence-corrected chi connectivity index (χ2v) is 2.87. The molecule has 0 saturated carbocycles. The number of rotatable bonds is 3. The number of aliphatic carboxylic acids is 1. The van der Waals surface area contributed by atoms with Crippen LogP contribution in [0.15, 0.2) is 42.0 Å². The van der Waals surface area contributed by atoms with Crippen molar-refractivity contribution >= 4 is 11.9 Å². The monoisotopic (exact) mass is 206 g/mol. The molecule has 4 heteroatoms. The standard InChI is InChI=1S/C11H10O4/c1-8(7-10(12)13)11(14)15-9-5-3-2-4-6-9/h2-7H,1H3,(H,12,13). The van der Waals surface area contributed by atoms with Gasteiger partial charge in [-0.15, -0.1) is 0 Å². The number of benzene rings is 1. The number of esters is 1. The van der Waals surface area contributed by atoms with E-state index >= 15 is 0 Å². The van der Waals surface area contributed by atoms with Crippen molar-refractivity contribution in [1.82, 2.24) is 0 Å². The summed E-state index contributed by atoms with van der Waals surface area (Å²) in [4.78, 5) is 21.6. The Morgan fingerprint density at radius 2 is 1.87 bits per heavy atom. The second kappa shape index (κ2) is 4.95. The fourth-order valence-corrected chi connectivity index (χ4v) is 0.920. The average Bonchev–Trinajstić information content (AvgIpc) is 2.18. The van der Waals surface area contributed by atoms with Crippen molar-refractivity contribution in [3.8, 4) is 5.75 Å². The molecule has 0 bridgehead atoms. The molecule has 0 aliphatic carbocycles. The zero-order valence-corrected chi connectivity index (χ0v) is 8.14. The van der Waals surface area contributed by atoms with Gasteiger partial charge in [0.05, 0.1) is 0 Å². The van der Waals surface area contributed by atoms with Crippen molar-refractivity contribution in [1.29, 1.82) is 0 Å². The third-order valence-corrected chi connectivity index (χ3v) is 1.62. The number of hydrogen-bond acceptors (Lipinski definition) is 3. The van der Waals surface area contributed by atoms with E-state index < -0.39 is 11.9 Å². The lowest BCUT2D eigenvalue weighted by Crippen LogP contribution is -2.10. The van der Waals surface area contributed by atoms with Gasteiger partial charge >= 0.3 is 11.9 Å². The van der Waals surface area contributed by atoms with Crippen molar-refractivity contribution in [2.45, 2.75) is 6.92 Å². The van der Waals surface area contributed by atoms with Crippen molar-refractivity contribution in [2.24, 2.45) is 0 Å².